The first-order valence-corrected chi connectivity index (χ1v) is 9.82. The lowest BCUT2D eigenvalue weighted by atomic mass is 10.0. The summed E-state index contributed by atoms with van der Waals surface area (Å²) < 4.78 is 34.6. The Morgan fingerprint density at radius 2 is 1.48 bits per heavy atom. The summed E-state index contributed by atoms with van der Waals surface area (Å²) in [5, 5.41) is 0. The number of hydrogen-bond acceptors (Lipinski definition) is 6. The summed E-state index contributed by atoms with van der Waals surface area (Å²) in [7, 11) is 3.34. The van der Waals surface area contributed by atoms with Gasteiger partial charge in [-0.3, -0.25) is 0 Å². The van der Waals surface area contributed by atoms with E-state index < -0.39 is 0 Å². The summed E-state index contributed by atoms with van der Waals surface area (Å²) in [6.07, 6.45) is 3.32. The van der Waals surface area contributed by atoms with E-state index in [0.29, 0.717) is 6.61 Å². The van der Waals surface area contributed by atoms with Crippen LogP contribution in [-0.4, -0.2) is 51.2 Å². The Bertz CT molecular complexity index is 562. The molecule has 0 N–H and O–H groups in total. The van der Waals surface area contributed by atoms with Crippen molar-refractivity contribution in [2.45, 2.75) is 83.1 Å². The molecular weight excluding hydrogens is 348 g/mol. The second-order valence-corrected chi connectivity index (χ2v) is 7.30. The van der Waals surface area contributed by atoms with E-state index in [1.54, 1.807) is 14.2 Å². The normalized spacial score (nSPS) is 34.4. The Balaban J connectivity index is 1.42. The van der Waals surface area contributed by atoms with Crippen LogP contribution < -0.4 is 4.74 Å². The van der Waals surface area contributed by atoms with Crippen LogP contribution in [0.15, 0.2) is 24.3 Å². The average Bonchev–Trinajstić information content (AvgIpc) is 2.69. The maximum Gasteiger partial charge on any atom is 0.158 e. The van der Waals surface area contributed by atoms with E-state index in [9.17, 15) is 0 Å². The number of rotatable bonds is 7. The molecule has 6 heteroatoms. The van der Waals surface area contributed by atoms with Gasteiger partial charge >= 0.3 is 0 Å². The number of hydrogen-bond donors (Lipinski definition) is 0. The monoisotopic (exact) mass is 380 g/mol. The maximum absolute atomic E-state index is 6.17. The molecule has 0 aromatic heterocycles. The summed E-state index contributed by atoms with van der Waals surface area (Å²) in [6.45, 7) is 4.65. The van der Waals surface area contributed by atoms with Gasteiger partial charge in [0.15, 0.2) is 12.6 Å². The SMILES string of the molecule is COc1ccc(CO[C@H]2CC[C@H](O[C@H]3CC[C@H](OC)O[C@H]3C)O[C@H]2C)cc1. The average molecular weight is 380 g/mol. The predicted molar refractivity (Wildman–Crippen MR) is 101 cm³/mol. The highest BCUT2D eigenvalue weighted by Gasteiger charge is 2.35. The summed E-state index contributed by atoms with van der Waals surface area (Å²) >= 11 is 0. The quantitative estimate of drug-likeness (QED) is 0.720. The Morgan fingerprint density at radius 1 is 0.852 bits per heavy atom. The lowest BCUT2D eigenvalue weighted by molar-refractivity contribution is -0.281. The first kappa shape index (κ1) is 20.6. The van der Waals surface area contributed by atoms with E-state index in [1.165, 1.54) is 0 Å². The van der Waals surface area contributed by atoms with E-state index in [-0.39, 0.29) is 37.0 Å². The Labute approximate surface area is 162 Å². The third-order valence-electron chi connectivity index (χ3n) is 5.37. The van der Waals surface area contributed by atoms with Crippen molar-refractivity contribution in [3.05, 3.63) is 29.8 Å². The molecular formula is C21H32O6. The van der Waals surface area contributed by atoms with Gasteiger partial charge < -0.3 is 28.4 Å². The molecule has 0 bridgehead atoms. The molecule has 0 unspecified atom stereocenters. The first-order valence-electron chi connectivity index (χ1n) is 9.82. The van der Waals surface area contributed by atoms with Gasteiger partial charge in [0, 0.05) is 20.0 Å². The van der Waals surface area contributed by atoms with Gasteiger partial charge in [-0.05, 0) is 44.4 Å². The molecule has 2 saturated heterocycles. The molecule has 2 heterocycles. The van der Waals surface area contributed by atoms with Crippen molar-refractivity contribution in [1.29, 1.82) is 0 Å². The topological polar surface area (TPSA) is 55.4 Å². The van der Waals surface area contributed by atoms with Gasteiger partial charge in [-0.25, -0.2) is 0 Å². The Kier molecular flexibility index (Phi) is 7.49. The molecule has 2 fully saturated rings. The van der Waals surface area contributed by atoms with E-state index in [4.69, 9.17) is 28.4 Å². The van der Waals surface area contributed by atoms with Crippen molar-refractivity contribution in [2.24, 2.45) is 0 Å². The van der Waals surface area contributed by atoms with Gasteiger partial charge in [0.2, 0.25) is 0 Å². The van der Waals surface area contributed by atoms with E-state index in [0.717, 1.165) is 37.0 Å². The minimum Gasteiger partial charge on any atom is -0.497 e. The van der Waals surface area contributed by atoms with Gasteiger partial charge in [0.25, 0.3) is 0 Å². The molecule has 0 aliphatic carbocycles. The molecule has 0 saturated carbocycles. The van der Waals surface area contributed by atoms with Crippen LogP contribution in [0.1, 0.15) is 45.1 Å². The van der Waals surface area contributed by atoms with Crippen LogP contribution in [0, 0.1) is 0 Å². The van der Waals surface area contributed by atoms with E-state index in [1.807, 2.05) is 31.2 Å². The second kappa shape index (κ2) is 9.85. The first-order chi connectivity index (χ1) is 13.1. The van der Waals surface area contributed by atoms with Gasteiger partial charge in [-0.1, -0.05) is 12.1 Å². The highest BCUT2D eigenvalue weighted by molar-refractivity contribution is 5.26. The zero-order valence-electron chi connectivity index (χ0n) is 16.8. The molecule has 0 spiro atoms. The molecule has 1 aromatic carbocycles. The molecule has 0 radical (unpaired) electrons. The third-order valence-corrected chi connectivity index (χ3v) is 5.37. The largest absolute Gasteiger partial charge is 0.497 e. The van der Waals surface area contributed by atoms with Gasteiger partial charge in [-0.2, -0.15) is 0 Å². The number of ether oxygens (including phenoxy) is 6. The summed E-state index contributed by atoms with van der Waals surface area (Å²) in [5.74, 6) is 0.853. The maximum atomic E-state index is 6.17. The van der Waals surface area contributed by atoms with Crippen molar-refractivity contribution < 1.29 is 28.4 Å². The van der Waals surface area contributed by atoms with Crippen molar-refractivity contribution in [3.8, 4) is 5.75 Å². The fourth-order valence-corrected chi connectivity index (χ4v) is 3.65. The van der Waals surface area contributed by atoms with Crippen molar-refractivity contribution in [1.82, 2.24) is 0 Å². The molecule has 6 nitrogen and oxygen atoms in total. The molecule has 3 rings (SSSR count). The minimum atomic E-state index is -0.198. The van der Waals surface area contributed by atoms with Crippen LogP contribution in [0.4, 0.5) is 0 Å². The smallest absolute Gasteiger partial charge is 0.158 e. The van der Waals surface area contributed by atoms with Gasteiger partial charge in [0.05, 0.1) is 38.1 Å². The molecule has 1 aromatic rings. The number of benzene rings is 1. The molecule has 27 heavy (non-hydrogen) atoms. The summed E-state index contributed by atoms with van der Waals surface area (Å²) in [4.78, 5) is 0. The molecule has 152 valence electrons. The van der Waals surface area contributed by atoms with Gasteiger partial charge in [-0.15, -0.1) is 0 Å². The van der Waals surface area contributed by atoms with Crippen LogP contribution >= 0.6 is 0 Å². The van der Waals surface area contributed by atoms with Crippen LogP contribution in [0.2, 0.25) is 0 Å². The fourth-order valence-electron chi connectivity index (χ4n) is 3.65. The minimum absolute atomic E-state index is 0.00598. The van der Waals surface area contributed by atoms with Crippen LogP contribution in [0.3, 0.4) is 0 Å². The fraction of sp³-hybridized carbons (Fsp3) is 0.714. The third kappa shape index (κ3) is 5.65. The molecule has 0 amide bonds. The van der Waals surface area contributed by atoms with Crippen molar-refractivity contribution in [2.75, 3.05) is 14.2 Å². The van der Waals surface area contributed by atoms with Gasteiger partial charge in [0.1, 0.15) is 5.75 Å². The summed E-state index contributed by atoms with van der Waals surface area (Å²) in [5.41, 5.74) is 1.13. The van der Waals surface area contributed by atoms with E-state index >= 15 is 0 Å². The Morgan fingerprint density at radius 3 is 2.11 bits per heavy atom. The highest BCUT2D eigenvalue weighted by atomic mass is 16.7. The molecule has 6 atom stereocenters. The van der Waals surface area contributed by atoms with Crippen molar-refractivity contribution >= 4 is 0 Å². The van der Waals surface area contributed by atoms with Crippen LogP contribution in [0.25, 0.3) is 0 Å². The zero-order chi connectivity index (χ0) is 19.2. The van der Waals surface area contributed by atoms with Crippen molar-refractivity contribution in [3.63, 3.8) is 0 Å². The van der Waals surface area contributed by atoms with Crippen LogP contribution in [0.5, 0.6) is 5.75 Å². The Hall–Kier alpha value is -1.18. The lowest BCUT2D eigenvalue weighted by Gasteiger charge is -2.39. The number of methoxy groups -OCH3 is 2. The molecule has 2 aliphatic rings. The second-order valence-electron chi connectivity index (χ2n) is 7.30. The van der Waals surface area contributed by atoms with Crippen LogP contribution in [-0.2, 0) is 30.3 Å². The summed E-state index contributed by atoms with van der Waals surface area (Å²) in [6, 6.07) is 7.95. The van der Waals surface area contributed by atoms with E-state index in [2.05, 4.69) is 6.92 Å². The molecule has 2 aliphatic heterocycles. The highest BCUT2D eigenvalue weighted by Crippen LogP contribution is 2.29. The lowest BCUT2D eigenvalue weighted by Crippen LogP contribution is -2.45. The predicted octanol–water partition coefficient (Wildman–Crippen LogP) is 3.66. The zero-order valence-corrected chi connectivity index (χ0v) is 16.8. The standard InChI is InChI=1S/C21H32O6/c1-14-18(24-13-16-5-7-17(22-3)8-6-16)9-12-21(26-14)27-19-10-11-20(23-4)25-15(19)2/h5-8,14-15,18-21H,9-13H2,1-4H3/t14-,15-,18-,19-,20+,21-/m0/s1.